The maximum absolute atomic E-state index is 13.6. The quantitative estimate of drug-likeness (QED) is 0.803. The van der Waals surface area contributed by atoms with Gasteiger partial charge in [-0.3, -0.25) is 4.79 Å². The minimum absolute atomic E-state index is 0.00536. The number of hydrogen-bond donors (Lipinski definition) is 3. The fourth-order valence-electron chi connectivity index (χ4n) is 1.60. The highest BCUT2D eigenvalue weighted by Crippen LogP contribution is 2.20. The van der Waals surface area contributed by atoms with Gasteiger partial charge in [-0.2, -0.15) is 0 Å². The lowest BCUT2D eigenvalue weighted by molar-refractivity contribution is 0.0696. The standard InChI is InChI=1S/C14H10FNO4/c15-10-7-8(14(19)20)5-6-11(10)16-13(18)9-3-1-2-4-12(9)17/h1-7,17H,(H,16,18)(H,19,20). The minimum atomic E-state index is -1.26. The van der Waals surface area contributed by atoms with Crippen LogP contribution >= 0.6 is 0 Å². The van der Waals surface area contributed by atoms with Gasteiger partial charge in [0.2, 0.25) is 0 Å². The van der Waals surface area contributed by atoms with E-state index in [4.69, 9.17) is 5.11 Å². The number of benzene rings is 2. The molecule has 0 aliphatic rings. The molecule has 0 radical (unpaired) electrons. The van der Waals surface area contributed by atoms with Crippen LogP contribution in [0.4, 0.5) is 10.1 Å². The summed E-state index contributed by atoms with van der Waals surface area (Å²) in [6, 6.07) is 8.95. The Bertz CT molecular complexity index is 685. The molecule has 3 N–H and O–H groups in total. The first-order valence-corrected chi connectivity index (χ1v) is 5.61. The Hall–Kier alpha value is -2.89. The molecule has 0 aliphatic heterocycles. The maximum Gasteiger partial charge on any atom is 0.335 e. The molecular weight excluding hydrogens is 265 g/mol. The van der Waals surface area contributed by atoms with Crippen molar-refractivity contribution < 1.29 is 24.2 Å². The first-order chi connectivity index (χ1) is 9.49. The molecule has 0 saturated carbocycles. The number of anilines is 1. The maximum atomic E-state index is 13.6. The van der Waals surface area contributed by atoms with Crippen molar-refractivity contribution in [1.82, 2.24) is 0 Å². The second kappa shape index (κ2) is 5.40. The van der Waals surface area contributed by atoms with Crippen LogP contribution in [0.5, 0.6) is 5.75 Å². The highest BCUT2D eigenvalue weighted by Gasteiger charge is 2.14. The molecule has 2 rings (SSSR count). The number of aromatic carboxylic acids is 1. The normalized spacial score (nSPS) is 10.1. The summed E-state index contributed by atoms with van der Waals surface area (Å²) in [5.41, 5.74) is -0.388. The van der Waals surface area contributed by atoms with Crippen molar-refractivity contribution in [3.05, 3.63) is 59.4 Å². The van der Waals surface area contributed by atoms with E-state index in [0.29, 0.717) is 0 Å². The molecule has 102 valence electrons. The van der Waals surface area contributed by atoms with E-state index in [1.54, 1.807) is 12.1 Å². The molecule has 2 aromatic carbocycles. The summed E-state index contributed by atoms with van der Waals surface area (Å²) in [6.07, 6.45) is 0. The van der Waals surface area contributed by atoms with Crippen LogP contribution in [-0.4, -0.2) is 22.1 Å². The molecule has 0 bridgehead atoms. The monoisotopic (exact) mass is 275 g/mol. The minimum Gasteiger partial charge on any atom is -0.507 e. The number of carbonyl (C=O) groups excluding carboxylic acids is 1. The molecule has 2 aromatic rings. The van der Waals surface area contributed by atoms with Crippen LogP contribution in [0.2, 0.25) is 0 Å². The lowest BCUT2D eigenvalue weighted by Crippen LogP contribution is -2.13. The van der Waals surface area contributed by atoms with Gasteiger partial charge in [0.1, 0.15) is 11.6 Å². The number of halogens is 1. The molecule has 0 spiro atoms. The smallest absolute Gasteiger partial charge is 0.335 e. The first-order valence-electron chi connectivity index (χ1n) is 5.61. The van der Waals surface area contributed by atoms with E-state index < -0.39 is 17.7 Å². The topological polar surface area (TPSA) is 86.6 Å². The van der Waals surface area contributed by atoms with Crippen LogP contribution in [-0.2, 0) is 0 Å². The molecule has 0 aliphatic carbocycles. The van der Waals surface area contributed by atoms with E-state index in [0.717, 1.165) is 12.1 Å². The fourth-order valence-corrected chi connectivity index (χ4v) is 1.60. The Kier molecular flexibility index (Phi) is 3.65. The van der Waals surface area contributed by atoms with Gasteiger partial charge in [-0.1, -0.05) is 12.1 Å². The van der Waals surface area contributed by atoms with Crippen molar-refractivity contribution in [2.75, 3.05) is 5.32 Å². The molecule has 0 fully saturated rings. The Morgan fingerprint density at radius 2 is 1.80 bits per heavy atom. The van der Waals surface area contributed by atoms with Crippen molar-refractivity contribution in [2.24, 2.45) is 0 Å². The third kappa shape index (κ3) is 2.74. The molecule has 6 heteroatoms. The summed E-state index contributed by atoms with van der Waals surface area (Å²) in [5.74, 6) is -3.05. The number of carbonyl (C=O) groups is 2. The van der Waals surface area contributed by atoms with E-state index >= 15 is 0 Å². The molecular formula is C14H10FNO4. The van der Waals surface area contributed by atoms with Gasteiger partial charge >= 0.3 is 5.97 Å². The Morgan fingerprint density at radius 1 is 1.10 bits per heavy atom. The highest BCUT2D eigenvalue weighted by atomic mass is 19.1. The average Bonchev–Trinajstić information content (AvgIpc) is 2.41. The van der Waals surface area contributed by atoms with Crippen molar-refractivity contribution in [3.63, 3.8) is 0 Å². The summed E-state index contributed by atoms with van der Waals surface area (Å²) in [5, 5.41) is 20.5. The molecule has 0 atom stereocenters. The van der Waals surface area contributed by atoms with Crippen molar-refractivity contribution in [3.8, 4) is 5.75 Å². The predicted octanol–water partition coefficient (Wildman–Crippen LogP) is 2.48. The Labute approximate surface area is 113 Å². The summed E-state index contributed by atoms with van der Waals surface area (Å²) in [4.78, 5) is 22.5. The molecule has 20 heavy (non-hydrogen) atoms. The number of rotatable bonds is 3. The van der Waals surface area contributed by atoms with Crippen LogP contribution in [0, 0.1) is 5.82 Å². The number of nitrogens with one attached hydrogen (secondary N) is 1. The van der Waals surface area contributed by atoms with Gasteiger partial charge in [-0.05, 0) is 30.3 Å². The molecule has 1 amide bonds. The predicted molar refractivity (Wildman–Crippen MR) is 69.4 cm³/mol. The SMILES string of the molecule is O=C(O)c1ccc(NC(=O)c2ccccc2O)c(F)c1. The van der Waals surface area contributed by atoms with Gasteiger partial charge in [-0.15, -0.1) is 0 Å². The Morgan fingerprint density at radius 3 is 2.40 bits per heavy atom. The Balaban J connectivity index is 2.25. The highest BCUT2D eigenvalue weighted by molar-refractivity contribution is 6.06. The van der Waals surface area contributed by atoms with E-state index in [9.17, 15) is 19.1 Å². The molecule has 0 aromatic heterocycles. The van der Waals surface area contributed by atoms with Gasteiger partial charge in [-0.25, -0.2) is 9.18 Å². The lowest BCUT2D eigenvalue weighted by Gasteiger charge is -2.08. The molecule has 0 heterocycles. The zero-order valence-corrected chi connectivity index (χ0v) is 10.1. The summed E-state index contributed by atoms with van der Waals surface area (Å²) in [7, 11) is 0. The second-order valence-corrected chi connectivity index (χ2v) is 3.97. The number of aromatic hydroxyl groups is 1. The number of hydrogen-bond acceptors (Lipinski definition) is 3. The van der Waals surface area contributed by atoms with Crippen LogP contribution < -0.4 is 5.32 Å². The van der Waals surface area contributed by atoms with Crippen molar-refractivity contribution in [2.45, 2.75) is 0 Å². The number of carboxylic acids is 1. The largest absolute Gasteiger partial charge is 0.507 e. The van der Waals surface area contributed by atoms with Crippen LogP contribution in [0.3, 0.4) is 0 Å². The van der Waals surface area contributed by atoms with Gasteiger partial charge in [0, 0.05) is 0 Å². The van der Waals surface area contributed by atoms with E-state index in [1.807, 2.05) is 0 Å². The summed E-state index contributed by atoms with van der Waals surface area (Å²) in [6.45, 7) is 0. The zero-order chi connectivity index (χ0) is 14.7. The zero-order valence-electron chi connectivity index (χ0n) is 10.1. The van der Waals surface area contributed by atoms with Crippen LogP contribution in [0.1, 0.15) is 20.7 Å². The van der Waals surface area contributed by atoms with Gasteiger partial charge < -0.3 is 15.5 Å². The molecule has 0 saturated heterocycles. The molecule has 0 unspecified atom stereocenters. The third-order valence-corrected chi connectivity index (χ3v) is 2.61. The number of amides is 1. The summed E-state index contributed by atoms with van der Waals surface area (Å²) < 4.78 is 13.6. The average molecular weight is 275 g/mol. The van der Waals surface area contributed by atoms with E-state index in [1.165, 1.54) is 18.2 Å². The van der Waals surface area contributed by atoms with Gasteiger partial charge in [0.25, 0.3) is 5.91 Å². The van der Waals surface area contributed by atoms with E-state index in [2.05, 4.69) is 5.32 Å². The van der Waals surface area contributed by atoms with Crippen LogP contribution in [0.15, 0.2) is 42.5 Å². The van der Waals surface area contributed by atoms with Gasteiger partial charge in [0.05, 0.1) is 16.8 Å². The second-order valence-electron chi connectivity index (χ2n) is 3.97. The van der Waals surface area contributed by atoms with Crippen molar-refractivity contribution in [1.29, 1.82) is 0 Å². The number of carboxylic acid groups (broad SMARTS) is 1. The number of phenols is 1. The summed E-state index contributed by atoms with van der Waals surface area (Å²) >= 11 is 0. The van der Waals surface area contributed by atoms with E-state index in [-0.39, 0.29) is 22.6 Å². The number of phenolic OH excluding ortho intramolecular Hbond substituents is 1. The van der Waals surface area contributed by atoms with Crippen LogP contribution in [0.25, 0.3) is 0 Å². The van der Waals surface area contributed by atoms with Gasteiger partial charge in [0.15, 0.2) is 0 Å². The third-order valence-electron chi connectivity index (χ3n) is 2.61. The molecule has 5 nitrogen and oxygen atoms in total. The van der Waals surface area contributed by atoms with Crippen molar-refractivity contribution >= 4 is 17.6 Å². The lowest BCUT2D eigenvalue weighted by atomic mass is 10.1. The first kappa shape index (κ1) is 13.5. The number of para-hydroxylation sites is 1. The fraction of sp³-hybridized carbons (Fsp3) is 0.